The third kappa shape index (κ3) is 4.07. The Morgan fingerprint density at radius 1 is 0.944 bits per heavy atom. The van der Waals surface area contributed by atoms with E-state index in [9.17, 15) is 0 Å². The van der Waals surface area contributed by atoms with Gasteiger partial charge in [0.15, 0.2) is 0 Å². The van der Waals surface area contributed by atoms with Crippen LogP contribution in [0.25, 0.3) is 33.3 Å². The molecule has 1 N–H and O–H groups in total. The molecule has 0 spiro atoms. The van der Waals surface area contributed by atoms with Gasteiger partial charge in [-0.05, 0) is 60.0 Å². The van der Waals surface area contributed by atoms with Gasteiger partial charge in [-0.2, -0.15) is 5.10 Å². The molecule has 0 bridgehead atoms. The number of benzene rings is 3. The number of rotatable bonds is 5. The highest BCUT2D eigenvalue weighted by Gasteiger charge is 2.18. The summed E-state index contributed by atoms with van der Waals surface area (Å²) in [4.78, 5) is 11.8. The fourth-order valence-corrected chi connectivity index (χ4v) is 4.96. The molecular formula is C29H28N6O. The van der Waals surface area contributed by atoms with Crippen molar-refractivity contribution < 1.29 is 4.74 Å². The molecule has 0 unspecified atom stereocenters. The maximum atomic E-state index is 5.69. The average molecular weight is 477 g/mol. The van der Waals surface area contributed by atoms with Crippen LogP contribution in [0.15, 0.2) is 73.1 Å². The maximum absolute atomic E-state index is 5.69. The van der Waals surface area contributed by atoms with E-state index in [1.54, 1.807) is 7.11 Å². The van der Waals surface area contributed by atoms with E-state index in [0.29, 0.717) is 5.95 Å². The molecular weight excluding hydrogens is 448 g/mol. The lowest BCUT2D eigenvalue weighted by Gasteiger charge is -2.26. The zero-order valence-corrected chi connectivity index (χ0v) is 20.7. The Balaban J connectivity index is 1.37. The predicted molar refractivity (Wildman–Crippen MR) is 143 cm³/mol. The van der Waals surface area contributed by atoms with Crippen LogP contribution in [0.3, 0.4) is 0 Å². The molecule has 6 rings (SSSR count). The quantitative estimate of drug-likeness (QED) is 0.364. The third-order valence-corrected chi connectivity index (χ3v) is 6.89. The van der Waals surface area contributed by atoms with Crippen LogP contribution in [-0.4, -0.2) is 45.4 Å². The predicted octanol–water partition coefficient (Wildman–Crippen LogP) is 5.44. The van der Waals surface area contributed by atoms with Crippen LogP contribution < -0.4 is 10.1 Å². The summed E-state index contributed by atoms with van der Waals surface area (Å²) in [7, 11) is 5.82. The normalized spacial score (nSPS) is 13.5. The first-order valence-electron chi connectivity index (χ1n) is 12.1. The maximum Gasteiger partial charge on any atom is 0.227 e. The molecule has 5 aromatic rings. The second-order valence-corrected chi connectivity index (χ2v) is 9.29. The molecule has 0 atom stereocenters. The Kier molecular flexibility index (Phi) is 5.62. The molecule has 180 valence electrons. The van der Waals surface area contributed by atoms with Gasteiger partial charge in [-0.3, -0.25) is 4.68 Å². The van der Waals surface area contributed by atoms with Crippen LogP contribution in [0.2, 0.25) is 0 Å². The number of aromatic nitrogens is 4. The van der Waals surface area contributed by atoms with E-state index in [0.717, 1.165) is 64.2 Å². The number of hydrogen-bond donors (Lipinski definition) is 1. The fourth-order valence-electron chi connectivity index (χ4n) is 4.96. The van der Waals surface area contributed by atoms with Gasteiger partial charge in [0, 0.05) is 43.5 Å². The zero-order valence-electron chi connectivity index (χ0n) is 20.7. The molecule has 3 aromatic carbocycles. The van der Waals surface area contributed by atoms with Gasteiger partial charge in [0.1, 0.15) is 5.75 Å². The van der Waals surface area contributed by atoms with Crippen LogP contribution in [0.1, 0.15) is 11.1 Å². The minimum absolute atomic E-state index is 0.544. The van der Waals surface area contributed by atoms with Gasteiger partial charge in [-0.25, -0.2) is 9.97 Å². The highest BCUT2D eigenvalue weighted by Crippen LogP contribution is 2.35. The molecule has 1 aliphatic heterocycles. The summed E-state index contributed by atoms with van der Waals surface area (Å²) in [5.41, 5.74) is 8.84. The molecule has 0 amide bonds. The van der Waals surface area contributed by atoms with E-state index < -0.39 is 0 Å². The smallest absolute Gasteiger partial charge is 0.227 e. The average Bonchev–Trinajstić information content (AvgIpc) is 3.33. The molecule has 3 heterocycles. The molecule has 0 saturated heterocycles. The first kappa shape index (κ1) is 22.2. The number of nitrogens with one attached hydrogen (secondary N) is 1. The van der Waals surface area contributed by atoms with Crippen LogP contribution >= 0.6 is 0 Å². The summed E-state index contributed by atoms with van der Waals surface area (Å²) in [6.45, 7) is 1.98. The number of ether oxygens (including phenoxy) is 1. The number of likely N-dealkylation sites (N-methyl/N-ethyl adjacent to an activating group) is 1. The molecule has 0 fully saturated rings. The van der Waals surface area contributed by atoms with Crippen molar-refractivity contribution in [2.75, 3.05) is 26.0 Å². The third-order valence-electron chi connectivity index (χ3n) is 6.89. The summed E-state index contributed by atoms with van der Waals surface area (Å²) in [5.74, 6) is 1.35. The monoisotopic (exact) mass is 476 g/mol. The number of aryl methyl sites for hydroxylation is 1. The van der Waals surface area contributed by atoms with E-state index in [1.165, 1.54) is 11.1 Å². The fraction of sp³-hybridized carbons (Fsp3) is 0.207. The molecule has 36 heavy (non-hydrogen) atoms. The number of fused-ring (bicyclic) bond motifs is 2. The topological polar surface area (TPSA) is 68.1 Å². The highest BCUT2D eigenvalue weighted by molar-refractivity contribution is 5.89. The number of methoxy groups -OCH3 is 1. The van der Waals surface area contributed by atoms with Gasteiger partial charge in [-0.1, -0.05) is 36.4 Å². The van der Waals surface area contributed by atoms with Crippen molar-refractivity contribution in [1.82, 2.24) is 24.6 Å². The van der Waals surface area contributed by atoms with E-state index >= 15 is 0 Å². The minimum atomic E-state index is 0.544. The Bertz CT molecular complexity index is 1570. The lowest BCUT2D eigenvalue weighted by atomic mass is 9.97. The molecule has 7 nitrogen and oxygen atoms in total. The number of nitrogens with zero attached hydrogens (tertiary/aromatic N) is 5. The Hall–Kier alpha value is -4.23. The van der Waals surface area contributed by atoms with Crippen LogP contribution in [-0.2, 0) is 20.0 Å². The van der Waals surface area contributed by atoms with Crippen molar-refractivity contribution in [3.63, 3.8) is 0 Å². The molecule has 7 heteroatoms. The Labute approximate surface area is 210 Å². The van der Waals surface area contributed by atoms with Gasteiger partial charge >= 0.3 is 0 Å². The van der Waals surface area contributed by atoms with Crippen molar-refractivity contribution in [2.45, 2.75) is 13.0 Å². The van der Waals surface area contributed by atoms with Crippen molar-refractivity contribution in [2.24, 2.45) is 7.05 Å². The van der Waals surface area contributed by atoms with E-state index in [2.05, 4.69) is 81.9 Å². The van der Waals surface area contributed by atoms with Gasteiger partial charge in [0.05, 0.1) is 24.0 Å². The van der Waals surface area contributed by atoms with Crippen LogP contribution in [0.5, 0.6) is 5.75 Å². The summed E-state index contributed by atoms with van der Waals surface area (Å²) < 4.78 is 7.59. The van der Waals surface area contributed by atoms with Crippen molar-refractivity contribution in [3.05, 3.63) is 84.2 Å². The molecule has 2 aromatic heterocycles. The van der Waals surface area contributed by atoms with Gasteiger partial charge in [0.2, 0.25) is 5.95 Å². The van der Waals surface area contributed by atoms with Crippen LogP contribution in [0.4, 0.5) is 11.6 Å². The molecule has 0 radical (unpaired) electrons. The van der Waals surface area contributed by atoms with E-state index in [1.807, 2.05) is 30.2 Å². The van der Waals surface area contributed by atoms with Crippen molar-refractivity contribution in [1.29, 1.82) is 0 Å². The first-order valence-corrected chi connectivity index (χ1v) is 12.1. The highest BCUT2D eigenvalue weighted by atomic mass is 16.5. The summed E-state index contributed by atoms with van der Waals surface area (Å²) in [6, 6.07) is 21.0. The minimum Gasteiger partial charge on any atom is -0.495 e. The van der Waals surface area contributed by atoms with Crippen molar-refractivity contribution >= 4 is 22.5 Å². The largest absolute Gasteiger partial charge is 0.495 e. The van der Waals surface area contributed by atoms with Gasteiger partial charge in [-0.15, -0.1) is 0 Å². The SMILES string of the molecule is COc1cc2c(cc1Nc1ncc3ccc(-c4ccccc4-c4ccnn4C)cc3n1)CN(C)CC2. The van der Waals surface area contributed by atoms with Gasteiger partial charge < -0.3 is 15.0 Å². The zero-order chi connectivity index (χ0) is 24.6. The Morgan fingerprint density at radius 3 is 2.61 bits per heavy atom. The number of anilines is 2. The lowest BCUT2D eigenvalue weighted by Crippen LogP contribution is -2.26. The van der Waals surface area contributed by atoms with Gasteiger partial charge in [0.25, 0.3) is 0 Å². The molecule has 0 aliphatic carbocycles. The summed E-state index contributed by atoms with van der Waals surface area (Å²) in [5, 5.41) is 8.74. The van der Waals surface area contributed by atoms with E-state index in [4.69, 9.17) is 9.72 Å². The first-order chi connectivity index (χ1) is 17.6. The Morgan fingerprint density at radius 2 is 1.81 bits per heavy atom. The lowest BCUT2D eigenvalue weighted by molar-refractivity contribution is 0.312. The molecule has 1 aliphatic rings. The summed E-state index contributed by atoms with van der Waals surface area (Å²) in [6.07, 6.45) is 4.71. The number of hydrogen-bond acceptors (Lipinski definition) is 6. The van der Waals surface area contributed by atoms with Crippen LogP contribution in [0, 0.1) is 0 Å². The van der Waals surface area contributed by atoms with Crippen molar-refractivity contribution in [3.8, 4) is 28.1 Å². The second kappa shape index (κ2) is 9.09. The van der Waals surface area contributed by atoms with E-state index in [-0.39, 0.29) is 0 Å². The second-order valence-electron chi connectivity index (χ2n) is 9.29. The molecule has 0 saturated carbocycles. The standard InChI is InChI=1S/C29H28N6O/c1-34-13-11-19-16-28(36-3)26(15-22(19)18-34)33-29-30-17-21-9-8-20(14-25(21)32-29)23-6-4-5-7-24(23)27-10-12-31-35(27)2/h4-10,12,14-17H,11,13,18H2,1-3H3,(H,30,32,33). The summed E-state index contributed by atoms with van der Waals surface area (Å²) >= 11 is 0.